The van der Waals surface area contributed by atoms with Crippen LogP contribution in [-0.2, 0) is 37.9 Å². The number of H-pyrrole nitrogens is 4. The van der Waals surface area contributed by atoms with Crippen molar-refractivity contribution in [1.82, 2.24) is 19.9 Å². The van der Waals surface area contributed by atoms with Crippen molar-refractivity contribution in [2.75, 3.05) is 26.4 Å². The van der Waals surface area contributed by atoms with Crippen molar-refractivity contribution in [3.8, 4) is 0 Å². The van der Waals surface area contributed by atoms with Crippen LogP contribution in [-0.4, -0.2) is 93.9 Å². The maximum atomic E-state index is 6.57. The highest BCUT2D eigenvalue weighted by Crippen LogP contribution is 2.44. The van der Waals surface area contributed by atoms with Crippen molar-refractivity contribution in [2.45, 2.75) is 127 Å². The Morgan fingerprint density at radius 2 is 0.519 bits per heavy atom. The molecule has 9 rings (SSSR count). The second-order valence-corrected chi connectivity index (χ2v) is 16.9. The molecule has 0 radical (unpaired) electrons. The van der Waals surface area contributed by atoms with Crippen LogP contribution in [0.3, 0.4) is 0 Å². The monoisotopic (exact) mass is 716 g/mol. The molecule has 4 N–H and O–H groups in total. The Morgan fingerprint density at radius 3 is 0.654 bits per heavy atom. The fraction of sp³-hybridized carbons (Fsp3) is 0.600. The molecule has 4 aromatic rings. The third-order valence-corrected chi connectivity index (χ3v) is 11.2. The molecule has 0 amide bonds. The van der Waals surface area contributed by atoms with E-state index in [-0.39, 0.29) is 48.1 Å². The van der Waals surface area contributed by atoms with Gasteiger partial charge in [-0.15, -0.1) is 0 Å². The molecule has 4 atom stereocenters. The first-order chi connectivity index (χ1) is 24.6. The summed E-state index contributed by atoms with van der Waals surface area (Å²) in [7, 11) is 0. The van der Waals surface area contributed by atoms with Gasteiger partial charge in [0.15, 0.2) is 23.1 Å². The van der Waals surface area contributed by atoms with Crippen LogP contribution in [0.5, 0.6) is 0 Å². The summed E-state index contributed by atoms with van der Waals surface area (Å²) >= 11 is 0. The van der Waals surface area contributed by atoms with Gasteiger partial charge in [-0.2, -0.15) is 0 Å². The molecule has 0 aromatic carbocycles. The highest BCUT2D eigenvalue weighted by Gasteiger charge is 2.46. The van der Waals surface area contributed by atoms with Crippen LogP contribution in [0.15, 0.2) is 48.5 Å². The van der Waals surface area contributed by atoms with E-state index in [1.54, 1.807) is 0 Å². The van der Waals surface area contributed by atoms with Gasteiger partial charge in [-0.05, 0) is 104 Å². The Bertz CT molecular complexity index is 1570. The van der Waals surface area contributed by atoms with Gasteiger partial charge < -0.3 is 57.8 Å². The van der Waals surface area contributed by atoms with Gasteiger partial charge in [-0.3, -0.25) is 0 Å². The summed E-state index contributed by atoms with van der Waals surface area (Å²) in [4.78, 5) is 15.4. The van der Waals surface area contributed by atoms with Gasteiger partial charge in [0.1, 0.15) is 0 Å². The minimum Gasteiger partial charge on any atom is -0.361 e. The maximum Gasteiger partial charge on any atom is 0.163 e. The number of fused-ring (bicyclic) bond motifs is 8. The molecule has 0 unspecified atom stereocenters. The first kappa shape index (κ1) is 34.6. The standard InChI is InChI=1S/C40H52N4O8/c1-37(2)45-17-29(49-37)33-21-9-11-23(41-21)34(30-18-46-38(3,4)50-30)25-13-15-27(43-25)36(32-20-48-40(7,8)52-32)28-16-14-26(44-28)35(24-12-10-22(33)42-24)31-19-47-39(5,6)51-31/h9-16,29-36,41-44H,17-20H2,1-8H3/t29-,30-,31-,32-,33?,34?,35?,36?/m1/s1. The van der Waals surface area contributed by atoms with E-state index in [0.717, 1.165) is 45.6 Å². The molecule has 0 aliphatic carbocycles. The molecule has 12 nitrogen and oxygen atoms in total. The third kappa shape index (κ3) is 6.30. The first-order valence-electron chi connectivity index (χ1n) is 18.6. The molecule has 9 heterocycles. The molecule has 4 fully saturated rings. The van der Waals surface area contributed by atoms with Gasteiger partial charge in [0, 0.05) is 45.6 Å². The van der Waals surface area contributed by atoms with Crippen molar-refractivity contribution in [1.29, 1.82) is 0 Å². The molecule has 4 aromatic heterocycles. The number of nitrogens with one attached hydrogen (secondary N) is 4. The average molecular weight is 717 g/mol. The number of ether oxygens (including phenoxy) is 8. The molecule has 5 aliphatic rings. The molecule has 0 spiro atoms. The summed E-state index contributed by atoms with van der Waals surface area (Å²) in [5.41, 5.74) is 8.18. The SMILES string of the molecule is CC1(C)OC[C@H](C2c3ccc([nH]3)C([C@H]3COC(C)(C)O3)c3ccc([nH]3)C([C@H]3COC(C)(C)O3)c3ccc([nH]3)C([C@H]3COC(C)(C)O3)c3ccc2[nH]3)O1. The van der Waals surface area contributed by atoms with E-state index in [9.17, 15) is 0 Å². The number of hydrogen-bond acceptors (Lipinski definition) is 8. The van der Waals surface area contributed by atoms with E-state index < -0.39 is 23.1 Å². The number of aromatic amines is 4. The van der Waals surface area contributed by atoms with Crippen molar-refractivity contribution in [2.24, 2.45) is 0 Å². The molecule has 280 valence electrons. The molecular formula is C40H52N4O8. The average Bonchev–Trinajstić information content (AvgIpc) is 3.90. The van der Waals surface area contributed by atoms with Crippen LogP contribution >= 0.6 is 0 Å². The molecule has 52 heavy (non-hydrogen) atoms. The van der Waals surface area contributed by atoms with E-state index in [2.05, 4.69) is 68.5 Å². The number of rotatable bonds is 4. The number of hydrogen-bond donors (Lipinski definition) is 4. The van der Waals surface area contributed by atoms with Crippen molar-refractivity contribution < 1.29 is 37.9 Å². The summed E-state index contributed by atoms with van der Waals surface area (Å²) < 4.78 is 50.9. The lowest BCUT2D eigenvalue weighted by Gasteiger charge is -2.26. The summed E-state index contributed by atoms with van der Waals surface area (Å²) in [6.45, 7) is 17.6. The third-order valence-electron chi connectivity index (χ3n) is 11.2. The van der Waals surface area contributed by atoms with Crippen molar-refractivity contribution in [3.63, 3.8) is 0 Å². The van der Waals surface area contributed by atoms with Crippen LogP contribution < -0.4 is 0 Å². The second kappa shape index (κ2) is 12.2. The molecule has 12 heteroatoms. The predicted octanol–water partition coefficient (Wildman–Crippen LogP) is 6.45. The van der Waals surface area contributed by atoms with Gasteiger partial charge in [0.2, 0.25) is 0 Å². The quantitative estimate of drug-likeness (QED) is 0.189. The zero-order valence-corrected chi connectivity index (χ0v) is 31.3. The van der Waals surface area contributed by atoms with Crippen LogP contribution in [0.4, 0.5) is 0 Å². The first-order valence-corrected chi connectivity index (χ1v) is 18.6. The van der Waals surface area contributed by atoms with Gasteiger partial charge in [-0.25, -0.2) is 0 Å². The Labute approximate surface area is 304 Å². The van der Waals surface area contributed by atoms with Gasteiger partial charge in [0.25, 0.3) is 0 Å². The van der Waals surface area contributed by atoms with Gasteiger partial charge in [-0.1, -0.05) is 0 Å². The Kier molecular flexibility index (Phi) is 8.08. The lowest BCUT2D eigenvalue weighted by Crippen LogP contribution is -2.29. The van der Waals surface area contributed by atoms with Crippen molar-refractivity contribution in [3.05, 3.63) is 94.1 Å². The van der Waals surface area contributed by atoms with Gasteiger partial charge in [0.05, 0.1) is 74.5 Å². The lowest BCUT2D eigenvalue weighted by molar-refractivity contribution is -0.140. The smallest absolute Gasteiger partial charge is 0.163 e. The van der Waals surface area contributed by atoms with Crippen LogP contribution in [0, 0.1) is 0 Å². The summed E-state index contributed by atoms with van der Waals surface area (Å²) in [6, 6.07) is 17.4. The van der Waals surface area contributed by atoms with E-state index in [1.165, 1.54) is 0 Å². The Morgan fingerprint density at radius 1 is 0.346 bits per heavy atom. The lowest BCUT2D eigenvalue weighted by atomic mass is 9.95. The second-order valence-electron chi connectivity index (χ2n) is 16.9. The minimum atomic E-state index is -0.696. The summed E-state index contributed by atoms with van der Waals surface area (Å²) in [5, 5.41) is 0. The molecule has 8 bridgehead atoms. The van der Waals surface area contributed by atoms with Crippen molar-refractivity contribution >= 4 is 0 Å². The molecule has 5 aliphatic heterocycles. The zero-order valence-electron chi connectivity index (χ0n) is 31.3. The van der Waals surface area contributed by atoms with E-state index in [1.807, 2.05) is 55.4 Å². The molecule has 4 saturated heterocycles. The van der Waals surface area contributed by atoms with Gasteiger partial charge >= 0.3 is 0 Å². The fourth-order valence-corrected chi connectivity index (χ4v) is 8.96. The summed E-state index contributed by atoms with van der Waals surface area (Å²) in [6.07, 6.45) is -0.920. The minimum absolute atomic E-state index is 0.168. The highest BCUT2D eigenvalue weighted by atomic mass is 16.8. The zero-order chi connectivity index (χ0) is 36.2. The fourth-order valence-electron chi connectivity index (χ4n) is 8.96. The Hall–Kier alpha value is -3.20. The van der Waals surface area contributed by atoms with E-state index >= 15 is 0 Å². The van der Waals surface area contributed by atoms with Crippen LogP contribution in [0.1, 0.15) is 125 Å². The molecular weight excluding hydrogens is 664 g/mol. The maximum absolute atomic E-state index is 6.57. The largest absolute Gasteiger partial charge is 0.361 e. The number of aromatic nitrogens is 4. The van der Waals surface area contributed by atoms with Crippen LogP contribution in [0.2, 0.25) is 0 Å². The van der Waals surface area contributed by atoms with E-state index in [0.29, 0.717) is 26.4 Å². The summed E-state index contributed by atoms with van der Waals surface area (Å²) in [5.74, 6) is -3.46. The topological polar surface area (TPSA) is 137 Å². The predicted molar refractivity (Wildman–Crippen MR) is 190 cm³/mol. The highest BCUT2D eigenvalue weighted by molar-refractivity contribution is 5.40. The molecule has 0 saturated carbocycles. The van der Waals surface area contributed by atoms with E-state index in [4.69, 9.17) is 37.9 Å². The normalized spacial score (nSPS) is 34.6. The van der Waals surface area contributed by atoms with Crippen LogP contribution in [0.25, 0.3) is 0 Å². The Balaban J connectivity index is 1.22.